The number of rotatable bonds is 9. The maximum absolute atomic E-state index is 12.9. The highest BCUT2D eigenvalue weighted by Crippen LogP contribution is 2.42. The SMILES string of the molecule is O=C([O-])c1cc(N=Nc2ccc(-c3ccc(N=Nc4c(O)ccc(N=Nc5cc(S(=O)(=O)[O-])ccc5[O-])c4[O-])cc3)cc2)ccc1O. The molecule has 0 radical (unpaired) electrons. The van der Waals surface area contributed by atoms with Gasteiger partial charge in [-0.05, 0) is 83.6 Å². The van der Waals surface area contributed by atoms with Crippen LogP contribution in [0.25, 0.3) is 11.1 Å². The van der Waals surface area contributed by atoms with Crippen molar-refractivity contribution in [2.24, 2.45) is 30.7 Å². The smallest absolute Gasteiger partial charge is 0.142 e. The molecule has 0 saturated carbocycles. The van der Waals surface area contributed by atoms with Crippen LogP contribution in [0.3, 0.4) is 0 Å². The summed E-state index contributed by atoms with van der Waals surface area (Å²) in [7, 11) is -4.86. The lowest BCUT2D eigenvalue weighted by Gasteiger charge is -2.14. The van der Waals surface area contributed by atoms with E-state index in [0.717, 1.165) is 47.5 Å². The molecule has 0 heterocycles. The van der Waals surface area contributed by atoms with Crippen LogP contribution in [0.5, 0.6) is 23.0 Å². The first kappa shape index (κ1) is 31.9. The Morgan fingerprint density at radius 1 is 0.596 bits per heavy atom. The van der Waals surface area contributed by atoms with Crippen LogP contribution in [-0.4, -0.2) is 29.2 Å². The van der Waals surface area contributed by atoms with Gasteiger partial charge in [-0.3, -0.25) is 0 Å². The van der Waals surface area contributed by atoms with E-state index >= 15 is 0 Å². The molecule has 0 amide bonds. The zero-order valence-corrected chi connectivity index (χ0v) is 24.4. The molecule has 0 aliphatic rings. The summed E-state index contributed by atoms with van der Waals surface area (Å²) in [6.45, 7) is 0. The summed E-state index contributed by atoms with van der Waals surface area (Å²) in [5.74, 6) is -4.09. The molecule has 16 heteroatoms. The zero-order chi connectivity index (χ0) is 33.7. The molecule has 0 unspecified atom stereocenters. The quantitative estimate of drug-likeness (QED) is 0.152. The van der Waals surface area contributed by atoms with E-state index in [1.807, 2.05) is 0 Å². The minimum Gasteiger partial charge on any atom is -0.871 e. The number of hydrogen-bond donors (Lipinski definition) is 2. The van der Waals surface area contributed by atoms with E-state index in [1.54, 1.807) is 48.5 Å². The second-order valence-corrected chi connectivity index (χ2v) is 10.9. The summed E-state index contributed by atoms with van der Waals surface area (Å²) >= 11 is 0. The Bertz CT molecular complexity index is 2190. The number of carboxylic acid groups (broad SMARTS) is 1. The molecule has 0 aliphatic carbocycles. The van der Waals surface area contributed by atoms with Crippen LogP contribution in [0.15, 0.2) is 133 Å². The second kappa shape index (κ2) is 13.2. The standard InChI is InChI=1S/C31H22N6O9S/c38-26-12-9-21(15-23(26)31(42)43)34-32-19-5-1-17(2-6-19)18-3-7-20(8-4-18)33-37-29-28(40)14-11-24(30(29)41)35-36-25-16-22(47(44,45)46)10-13-27(25)39/h1-16,38-41H,(H,42,43)(H,44,45,46)/p-4. The molecule has 0 fully saturated rings. The van der Waals surface area contributed by atoms with E-state index in [0.29, 0.717) is 11.4 Å². The molecule has 15 nitrogen and oxygen atoms in total. The molecule has 5 rings (SSSR count). The monoisotopic (exact) mass is 650 g/mol. The van der Waals surface area contributed by atoms with E-state index in [-0.39, 0.29) is 11.4 Å². The van der Waals surface area contributed by atoms with E-state index in [9.17, 15) is 43.3 Å². The Morgan fingerprint density at radius 3 is 1.72 bits per heavy atom. The van der Waals surface area contributed by atoms with Crippen molar-refractivity contribution in [2.75, 3.05) is 0 Å². The van der Waals surface area contributed by atoms with Crippen molar-refractivity contribution in [1.82, 2.24) is 0 Å². The number of hydrogen-bond acceptors (Lipinski definition) is 15. The van der Waals surface area contributed by atoms with Gasteiger partial charge in [0.2, 0.25) is 0 Å². The number of benzene rings is 5. The Hall–Kier alpha value is -6.52. The highest BCUT2D eigenvalue weighted by molar-refractivity contribution is 7.85. The van der Waals surface area contributed by atoms with Gasteiger partial charge in [-0.2, -0.15) is 25.6 Å². The third-order valence-corrected chi connectivity index (χ3v) is 7.22. The number of phenols is 2. The van der Waals surface area contributed by atoms with Gasteiger partial charge in [-0.15, -0.1) is 5.11 Å². The second-order valence-electron chi connectivity index (χ2n) is 9.55. The maximum Gasteiger partial charge on any atom is 0.142 e. The highest BCUT2D eigenvalue weighted by Gasteiger charge is 2.08. The van der Waals surface area contributed by atoms with E-state index < -0.39 is 60.9 Å². The number of nitrogens with zero attached hydrogens (tertiary/aromatic N) is 6. The Morgan fingerprint density at radius 2 is 1.13 bits per heavy atom. The van der Waals surface area contributed by atoms with E-state index in [1.165, 1.54) is 12.1 Å². The Labute approximate surface area is 265 Å². The van der Waals surface area contributed by atoms with Gasteiger partial charge < -0.3 is 34.9 Å². The fourth-order valence-corrected chi connectivity index (χ4v) is 4.47. The van der Waals surface area contributed by atoms with Gasteiger partial charge in [0, 0.05) is 5.56 Å². The summed E-state index contributed by atoms with van der Waals surface area (Å²) in [5.41, 5.74) is 0.953. The lowest BCUT2D eigenvalue weighted by molar-refractivity contribution is -0.267. The third kappa shape index (κ3) is 7.59. The van der Waals surface area contributed by atoms with Crippen molar-refractivity contribution in [1.29, 1.82) is 0 Å². The van der Waals surface area contributed by atoms with Crippen molar-refractivity contribution in [3.63, 3.8) is 0 Å². The van der Waals surface area contributed by atoms with Gasteiger partial charge in [-0.1, -0.05) is 36.1 Å². The summed E-state index contributed by atoms with van der Waals surface area (Å²) in [6.07, 6.45) is 0. The summed E-state index contributed by atoms with van der Waals surface area (Å²) < 4.78 is 33.7. The molecule has 0 saturated heterocycles. The predicted octanol–water partition coefficient (Wildman–Crippen LogP) is 5.43. The normalized spacial score (nSPS) is 11.9. The zero-order valence-electron chi connectivity index (χ0n) is 23.6. The Balaban J connectivity index is 1.29. The van der Waals surface area contributed by atoms with Gasteiger partial charge in [0.25, 0.3) is 0 Å². The van der Waals surface area contributed by atoms with Crippen LogP contribution in [0.1, 0.15) is 10.4 Å². The number of carbonyl (C=O) groups excluding carboxylic acids is 1. The number of carboxylic acids is 1. The van der Waals surface area contributed by atoms with Crippen LogP contribution >= 0.6 is 0 Å². The summed E-state index contributed by atoms with van der Waals surface area (Å²) in [4.78, 5) is 10.4. The van der Waals surface area contributed by atoms with Crippen LogP contribution < -0.4 is 15.3 Å². The molecule has 0 aromatic heterocycles. The van der Waals surface area contributed by atoms with Crippen molar-refractivity contribution < 1.29 is 43.3 Å². The minimum absolute atomic E-state index is 0.212. The molecule has 0 spiro atoms. The first-order valence-electron chi connectivity index (χ1n) is 13.2. The van der Waals surface area contributed by atoms with Crippen LogP contribution in [0.2, 0.25) is 0 Å². The van der Waals surface area contributed by atoms with Crippen molar-refractivity contribution >= 4 is 50.2 Å². The summed E-state index contributed by atoms with van der Waals surface area (Å²) in [6, 6.07) is 22.0. The van der Waals surface area contributed by atoms with Gasteiger partial charge in [0.1, 0.15) is 27.3 Å². The summed E-state index contributed by atoms with van der Waals surface area (Å²) in [5, 5.41) is 78.8. The number of phenolic OH excluding ortho intramolecular Hbond substituents is 1. The van der Waals surface area contributed by atoms with Crippen molar-refractivity contribution in [2.45, 2.75) is 4.90 Å². The molecule has 5 aromatic rings. The molecule has 0 atom stereocenters. The van der Waals surface area contributed by atoms with Crippen LogP contribution in [0, 0.1) is 0 Å². The third-order valence-electron chi connectivity index (χ3n) is 6.39. The Kier molecular flexibility index (Phi) is 8.97. The first-order valence-corrected chi connectivity index (χ1v) is 14.6. The lowest BCUT2D eigenvalue weighted by Crippen LogP contribution is -2.22. The average molecular weight is 651 g/mol. The maximum atomic E-state index is 12.9. The highest BCUT2D eigenvalue weighted by atomic mass is 32.2. The molecular weight excluding hydrogens is 632 g/mol. The number of azo groups is 3. The molecule has 5 aromatic carbocycles. The van der Waals surface area contributed by atoms with Gasteiger partial charge in [0.15, 0.2) is 0 Å². The fourth-order valence-electron chi connectivity index (χ4n) is 3.98. The van der Waals surface area contributed by atoms with Gasteiger partial charge >= 0.3 is 0 Å². The molecule has 236 valence electrons. The van der Waals surface area contributed by atoms with Crippen molar-refractivity contribution in [3.05, 3.63) is 103 Å². The number of carbonyl (C=O) groups is 1. The van der Waals surface area contributed by atoms with Crippen LogP contribution in [0.4, 0.5) is 34.1 Å². The fraction of sp³-hybridized carbons (Fsp3) is 0. The molecule has 2 N–H and O–H groups in total. The van der Waals surface area contributed by atoms with E-state index in [2.05, 4.69) is 30.7 Å². The number of aromatic hydroxyl groups is 2. The topological polar surface area (TPSA) is 258 Å². The van der Waals surface area contributed by atoms with Crippen LogP contribution in [-0.2, 0) is 10.1 Å². The van der Waals surface area contributed by atoms with Gasteiger partial charge in [0.05, 0.1) is 39.3 Å². The first-order chi connectivity index (χ1) is 22.4. The minimum atomic E-state index is -4.86. The molecule has 0 bridgehead atoms. The molecular formula is C31H18N6O9S-4. The van der Waals surface area contributed by atoms with Gasteiger partial charge in [-0.25, -0.2) is 8.42 Å². The largest absolute Gasteiger partial charge is 0.871 e. The lowest BCUT2D eigenvalue weighted by atomic mass is 10.1. The van der Waals surface area contributed by atoms with Crippen molar-refractivity contribution in [3.8, 4) is 34.1 Å². The predicted molar refractivity (Wildman–Crippen MR) is 158 cm³/mol. The molecule has 47 heavy (non-hydrogen) atoms. The van der Waals surface area contributed by atoms with E-state index in [4.69, 9.17) is 0 Å². The number of aromatic carboxylic acids is 1. The average Bonchev–Trinajstić information content (AvgIpc) is 3.04. The molecule has 0 aliphatic heterocycles.